The van der Waals surface area contributed by atoms with Gasteiger partial charge in [0.25, 0.3) is 0 Å². The minimum atomic E-state index is 0.368. The lowest BCUT2D eigenvalue weighted by molar-refractivity contribution is -0.140. The molecule has 0 bridgehead atoms. The zero-order chi connectivity index (χ0) is 10.8. The maximum atomic E-state index is 11.8. The summed E-state index contributed by atoms with van der Waals surface area (Å²) >= 11 is 0. The predicted octanol–water partition coefficient (Wildman–Crippen LogP) is -0.112. The minimum Gasteiger partial charge on any atom is -0.338 e. The van der Waals surface area contributed by atoms with Gasteiger partial charge in [-0.15, -0.1) is 0 Å². The molecule has 0 spiro atoms. The van der Waals surface area contributed by atoms with Gasteiger partial charge in [0, 0.05) is 38.1 Å². The van der Waals surface area contributed by atoms with E-state index in [2.05, 4.69) is 16.8 Å². The van der Waals surface area contributed by atoms with Crippen LogP contribution in [0.3, 0.4) is 0 Å². The predicted molar refractivity (Wildman–Crippen MR) is 59.4 cm³/mol. The molecule has 1 saturated carbocycles. The SMILES string of the molecule is CN(CCN)CC1CCN1C(=O)C1CC1. The molecule has 86 valence electrons. The van der Waals surface area contributed by atoms with Crippen molar-refractivity contribution < 1.29 is 4.79 Å². The Morgan fingerprint density at radius 2 is 2.20 bits per heavy atom. The van der Waals surface area contributed by atoms with Crippen LogP contribution in [0.2, 0.25) is 0 Å². The van der Waals surface area contributed by atoms with E-state index < -0.39 is 0 Å². The topological polar surface area (TPSA) is 49.6 Å². The summed E-state index contributed by atoms with van der Waals surface area (Å²) in [5.41, 5.74) is 5.50. The standard InChI is InChI=1S/C11H21N3O/c1-13(7-5-12)8-10-4-6-14(10)11(15)9-2-3-9/h9-10H,2-8,12H2,1H3. The first-order chi connectivity index (χ1) is 7.22. The number of carbonyl (C=O) groups excluding carboxylic acids is 1. The van der Waals surface area contributed by atoms with Crippen molar-refractivity contribution in [3.05, 3.63) is 0 Å². The van der Waals surface area contributed by atoms with Crippen LogP contribution in [-0.4, -0.2) is 55.0 Å². The van der Waals surface area contributed by atoms with E-state index in [1.165, 1.54) is 0 Å². The normalized spacial score (nSPS) is 25.5. The van der Waals surface area contributed by atoms with Gasteiger partial charge in [0.1, 0.15) is 0 Å². The maximum absolute atomic E-state index is 11.8. The van der Waals surface area contributed by atoms with Gasteiger partial charge in [-0.25, -0.2) is 0 Å². The Bertz CT molecular complexity index is 240. The fourth-order valence-electron chi connectivity index (χ4n) is 2.16. The summed E-state index contributed by atoms with van der Waals surface area (Å²) in [6.07, 6.45) is 3.38. The molecule has 1 atom stereocenters. The Hall–Kier alpha value is -0.610. The second-order valence-electron chi connectivity index (χ2n) is 4.80. The maximum Gasteiger partial charge on any atom is 0.225 e. The van der Waals surface area contributed by atoms with Crippen LogP contribution in [0, 0.1) is 5.92 Å². The highest BCUT2D eigenvalue weighted by molar-refractivity contribution is 5.82. The van der Waals surface area contributed by atoms with Crippen LogP contribution in [0.15, 0.2) is 0 Å². The van der Waals surface area contributed by atoms with Crippen LogP contribution in [0.1, 0.15) is 19.3 Å². The van der Waals surface area contributed by atoms with Gasteiger partial charge in [-0.2, -0.15) is 0 Å². The number of likely N-dealkylation sites (N-methyl/N-ethyl adjacent to an activating group) is 1. The second-order valence-corrected chi connectivity index (χ2v) is 4.80. The smallest absolute Gasteiger partial charge is 0.225 e. The highest BCUT2D eigenvalue weighted by Gasteiger charge is 2.40. The van der Waals surface area contributed by atoms with Crippen LogP contribution in [-0.2, 0) is 4.79 Å². The minimum absolute atomic E-state index is 0.368. The largest absolute Gasteiger partial charge is 0.338 e. The molecule has 1 saturated heterocycles. The zero-order valence-electron chi connectivity index (χ0n) is 9.48. The Morgan fingerprint density at radius 1 is 1.47 bits per heavy atom. The first kappa shape index (κ1) is 10.9. The summed E-state index contributed by atoms with van der Waals surface area (Å²) in [4.78, 5) is 16.1. The first-order valence-corrected chi connectivity index (χ1v) is 5.91. The third-order valence-corrected chi connectivity index (χ3v) is 3.39. The van der Waals surface area contributed by atoms with E-state index in [0.29, 0.717) is 24.4 Å². The first-order valence-electron chi connectivity index (χ1n) is 5.91. The van der Waals surface area contributed by atoms with Crippen molar-refractivity contribution in [1.82, 2.24) is 9.80 Å². The van der Waals surface area contributed by atoms with Gasteiger partial charge >= 0.3 is 0 Å². The monoisotopic (exact) mass is 211 g/mol. The van der Waals surface area contributed by atoms with E-state index in [4.69, 9.17) is 5.73 Å². The molecule has 1 aliphatic heterocycles. The molecule has 2 fully saturated rings. The van der Waals surface area contributed by atoms with Gasteiger partial charge in [-0.05, 0) is 26.3 Å². The van der Waals surface area contributed by atoms with Crippen LogP contribution in [0.4, 0.5) is 0 Å². The molecule has 4 heteroatoms. The number of carbonyl (C=O) groups is 1. The van der Waals surface area contributed by atoms with Crippen LogP contribution < -0.4 is 5.73 Å². The number of nitrogens with two attached hydrogens (primary N) is 1. The zero-order valence-corrected chi connectivity index (χ0v) is 9.48. The molecular formula is C11H21N3O. The summed E-state index contributed by atoms with van der Waals surface area (Å²) in [6.45, 7) is 3.56. The Kier molecular flexibility index (Phi) is 3.26. The molecule has 2 N–H and O–H groups in total. The average Bonchev–Trinajstić information content (AvgIpc) is 2.96. The van der Waals surface area contributed by atoms with E-state index in [0.717, 1.165) is 38.9 Å². The van der Waals surface area contributed by atoms with Crippen molar-refractivity contribution in [3.63, 3.8) is 0 Å². The van der Waals surface area contributed by atoms with E-state index in [1.54, 1.807) is 0 Å². The van der Waals surface area contributed by atoms with Crippen LogP contribution in [0.5, 0.6) is 0 Å². The third kappa shape index (κ3) is 2.49. The molecule has 2 aliphatic rings. The number of nitrogens with zero attached hydrogens (tertiary/aromatic N) is 2. The fourth-order valence-corrected chi connectivity index (χ4v) is 2.16. The lowest BCUT2D eigenvalue weighted by Gasteiger charge is -2.43. The van der Waals surface area contributed by atoms with Crippen LogP contribution >= 0.6 is 0 Å². The molecule has 4 nitrogen and oxygen atoms in total. The molecule has 2 rings (SSSR count). The third-order valence-electron chi connectivity index (χ3n) is 3.39. The summed E-state index contributed by atoms with van der Waals surface area (Å²) in [7, 11) is 2.07. The van der Waals surface area contributed by atoms with Crippen LogP contribution in [0.25, 0.3) is 0 Å². The number of amides is 1. The Labute approximate surface area is 91.4 Å². The van der Waals surface area contributed by atoms with Crippen molar-refractivity contribution in [2.75, 3.05) is 33.2 Å². The van der Waals surface area contributed by atoms with Gasteiger partial charge < -0.3 is 15.5 Å². The molecule has 1 aliphatic carbocycles. The molecule has 0 aromatic rings. The van der Waals surface area contributed by atoms with Crippen molar-refractivity contribution in [3.8, 4) is 0 Å². The van der Waals surface area contributed by atoms with Gasteiger partial charge in [0.05, 0.1) is 0 Å². The summed E-state index contributed by atoms with van der Waals surface area (Å²) in [6, 6.07) is 0.453. The lowest BCUT2D eigenvalue weighted by Crippen LogP contribution is -2.56. The quantitative estimate of drug-likeness (QED) is 0.690. The van der Waals surface area contributed by atoms with Crippen molar-refractivity contribution >= 4 is 5.91 Å². The molecule has 1 unspecified atom stereocenters. The van der Waals surface area contributed by atoms with E-state index in [9.17, 15) is 4.79 Å². The van der Waals surface area contributed by atoms with Crippen molar-refractivity contribution in [1.29, 1.82) is 0 Å². The van der Waals surface area contributed by atoms with Crippen molar-refractivity contribution in [2.24, 2.45) is 11.7 Å². The van der Waals surface area contributed by atoms with E-state index in [-0.39, 0.29) is 0 Å². The lowest BCUT2D eigenvalue weighted by atomic mass is 10.0. The highest BCUT2D eigenvalue weighted by atomic mass is 16.2. The Morgan fingerprint density at radius 3 is 2.67 bits per heavy atom. The van der Waals surface area contributed by atoms with Gasteiger partial charge in [-0.3, -0.25) is 4.79 Å². The van der Waals surface area contributed by atoms with Crippen molar-refractivity contribution in [2.45, 2.75) is 25.3 Å². The molecule has 1 heterocycles. The summed E-state index contributed by atoms with van der Waals surface area (Å²) < 4.78 is 0. The molecule has 0 aromatic heterocycles. The van der Waals surface area contributed by atoms with E-state index >= 15 is 0 Å². The number of likely N-dealkylation sites (tertiary alicyclic amines) is 1. The molecule has 1 amide bonds. The summed E-state index contributed by atoms with van der Waals surface area (Å²) in [5.74, 6) is 0.764. The molecule has 0 radical (unpaired) electrons. The molecule has 0 aromatic carbocycles. The number of rotatable bonds is 5. The summed E-state index contributed by atoms with van der Waals surface area (Å²) in [5, 5.41) is 0. The van der Waals surface area contributed by atoms with Gasteiger partial charge in [0.2, 0.25) is 5.91 Å². The average molecular weight is 211 g/mol. The number of hydrogen-bond acceptors (Lipinski definition) is 3. The Balaban J connectivity index is 1.75. The fraction of sp³-hybridized carbons (Fsp3) is 0.909. The molecule has 15 heavy (non-hydrogen) atoms. The second kappa shape index (κ2) is 4.49. The van der Waals surface area contributed by atoms with Gasteiger partial charge in [-0.1, -0.05) is 0 Å². The van der Waals surface area contributed by atoms with Gasteiger partial charge in [0.15, 0.2) is 0 Å². The molecular weight excluding hydrogens is 190 g/mol. The number of hydrogen-bond donors (Lipinski definition) is 1. The van der Waals surface area contributed by atoms with E-state index in [1.807, 2.05) is 0 Å². The highest BCUT2D eigenvalue weighted by Crippen LogP contribution is 2.34.